The van der Waals surface area contributed by atoms with E-state index in [1.165, 1.54) is 0 Å². The number of phenolic OH excluding ortho intramolecular Hbond substituents is 1. The van der Waals surface area contributed by atoms with Crippen LogP contribution in [0.1, 0.15) is 62.9 Å². The highest BCUT2D eigenvalue weighted by Gasteiger charge is 2.19. The van der Waals surface area contributed by atoms with Crippen molar-refractivity contribution < 1.29 is 24.1 Å². The van der Waals surface area contributed by atoms with E-state index in [0.29, 0.717) is 54.2 Å². The number of benzene rings is 2. The average Bonchev–Trinajstić information content (AvgIpc) is 2.76. The lowest BCUT2D eigenvalue weighted by Gasteiger charge is -2.17. The summed E-state index contributed by atoms with van der Waals surface area (Å²) in [5, 5.41) is 15.8. The zero-order valence-corrected chi connectivity index (χ0v) is 20.1. The van der Waals surface area contributed by atoms with E-state index >= 15 is 0 Å². The monoisotopic (exact) mass is 460 g/mol. The first-order chi connectivity index (χ1) is 15.3. The predicted octanol–water partition coefficient (Wildman–Crippen LogP) is 5.23. The molecule has 0 heterocycles. The molecule has 2 aromatic carbocycles. The van der Waals surface area contributed by atoms with Crippen molar-refractivity contribution in [2.75, 3.05) is 25.1 Å². The summed E-state index contributed by atoms with van der Waals surface area (Å²) in [6, 6.07) is 8.51. The molecule has 1 amide bonds. The van der Waals surface area contributed by atoms with Crippen molar-refractivity contribution >= 4 is 28.9 Å². The molecular weight excluding hydrogens is 428 g/mol. The van der Waals surface area contributed by atoms with E-state index in [2.05, 4.69) is 24.5 Å². The average molecular weight is 461 g/mol. The van der Waals surface area contributed by atoms with E-state index < -0.39 is 5.91 Å². The van der Waals surface area contributed by atoms with Crippen molar-refractivity contribution in [1.82, 2.24) is 5.32 Å². The Morgan fingerprint density at radius 1 is 1.00 bits per heavy atom. The number of hydrogen-bond donors (Lipinski definition) is 3. The van der Waals surface area contributed by atoms with Crippen molar-refractivity contribution in [1.29, 1.82) is 0 Å². The van der Waals surface area contributed by atoms with Crippen LogP contribution in [0.3, 0.4) is 0 Å². The van der Waals surface area contributed by atoms with Crippen LogP contribution in [0, 0.1) is 0 Å². The molecule has 1 atom stereocenters. The van der Waals surface area contributed by atoms with Crippen LogP contribution in [-0.4, -0.2) is 35.9 Å². The molecule has 0 bridgehead atoms. The molecule has 0 aliphatic rings. The minimum atomic E-state index is -0.440. The molecule has 7 nitrogen and oxygen atoms in total. The number of carbonyl (C=O) groups excluding carboxylic acids is 1. The van der Waals surface area contributed by atoms with Gasteiger partial charge in [0.2, 0.25) is 5.75 Å². The van der Waals surface area contributed by atoms with Crippen molar-refractivity contribution in [3.63, 3.8) is 0 Å². The zero-order valence-electron chi connectivity index (χ0n) is 19.3. The van der Waals surface area contributed by atoms with Gasteiger partial charge in [0.15, 0.2) is 16.6 Å². The minimum Gasteiger partial charge on any atom is -0.506 e. The lowest BCUT2D eigenvalue weighted by atomic mass is 9.98. The van der Waals surface area contributed by atoms with Gasteiger partial charge in [0.05, 0.1) is 25.5 Å². The molecule has 0 radical (unpaired) electrons. The van der Waals surface area contributed by atoms with Gasteiger partial charge in [0, 0.05) is 5.56 Å². The van der Waals surface area contributed by atoms with Crippen LogP contribution in [0.15, 0.2) is 30.3 Å². The summed E-state index contributed by atoms with van der Waals surface area (Å²) < 4.78 is 17.0. The smallest absolute Gasteiger partial charge is 0.257 e. The fourth-order valence-electron chi connectivity index (χ4n) is 3.04. The number of carbonyl (C=O) groups is 1. The Balaban J connectivity index is 2.24. The predicted molar refractivity (Wildman–Crippen MR) is 130 cm³/mol. The highest BCUT2D eigenvalue weighted by molar-refractivity contribution is 7.80. The highest BCUT2D eigenvalue weighted by atomic mass is 32.1. The number of nitrogens with one attached hydrogen (secondary N) is 2. The first kappa shape index (κ1) is 25.3. The molecule has 32 heavy (non-hydrogen) atoms. The number of thiocarbonyl (C=S) groups is 1. The van der Waals surface area contributed by atoms with Crippen molar-refractivity contribution in [2.24, 2.45) is 0 Å². The summed E-state index contributed by atoms with van der Waals surface area (Å²) >= 11 is 5.30. The molecular formula is C24H32N2O5S. The SMILES string of the molecule is CCOc1cc(C(=O)NC(=S)Nc2cc([C@@H](C)CC)ccc2O)cc(OCC)c1OCC. The van der Waals surface area contributed by atoms with Crippen LogP contribution >= 0.6 is 12.2 Å². The molecule has 0 aliphatic carbocycles. The maximum atomic E-state index is 12.9. The van der Waals surface area contributed by atoms with Gasteiger partial charge < -0.3 is 24.6 Å². The summed E-state index contributed by atoms with van der Waals surface area (Å²) in [6.45, 7) is 11.0. The maximum absolute atomic E-state index is 12.9. The molecule has 0 saturated carbocycles. The van der Waals surface area contributed by atoms with Crippen LogP contribution in [-0.2, 0) is 0 Å². The van der Waals surface area contributed by atoms with Crippen LogP contribution in [0.4, 0.5) is 5.69 Å². The quantitative estimate of drug-likeness (QED) is 0.330. The lowest BCUT2D eigenvalue weighted by Crippen LogP contribution is -2.34. The fourth-order valence-corrected chi connectivity index (χ4v) is 3.25. The van der Waals surface area contributed by atoms with Crippen LogP contribution in [0.5, 0.6) is 23.0 Å². The van der Waals surface area contributed by atoms with Gasteiger partial charge in [-0.3, -0.25) is 10.1 Å². The third kappa shape index (κ3) is 6.50. The number of hydrogen-bond acceptors (Lipinski definition) is 6. The Labute approximate surface area is 195 Å². The summed E-state index contributed by atoms with van der Waals surface area (Å²) in [5.74, 6) is 1.24. The molecule has 2 rings (SSSR count). The molecule has 3 N–H and O–H groups in total. The van der Waals surface area contributed by atoms with Gasteiger partial charge in [-0.1, -0.05) is 19.9 Å². The Hall–Kier alpha value is -3.00. The van der Waals surface area contributed by atoms with Gasteiger partial charge in [-0.2, -0.15) is 0 Å². The normalized spacial score (nSPS) is 11.4. The molecule has 8 heteroatoms. The van der Waals surface area contributed by atoms with Crippen LogP contribution in [0.2, 0.25) is 0 Å². The number of amides is 1. The number of ether oxygens (including phenoxy) is 3. The molecule has 0 saturated heterocycles. The second kappa shape index (κ2) is 12.1. The van der Waals surface area contributed by atoms with Crippen molar-refractivity contribution in [3.05, 3.63) is 41.5 Å². The molecule has 174 valence electrons. The van der Waals surface area contributed by atoms with Gasteiger partial charge in [0.25, 0.3) is 5.91 Å². The van der Waals surface area contributed by atoms with Gasteiger partial charge in [-0.15, -0.1) is 0 Å². The number of aromatic hydroxyl groups is 1. The number of rotatable bonds is 10. The Morgan fingerprint density at radius 2 is 1.59 bits per heavy atom. The molecule has 0 fully saturated rings. The topological polar surface area (TPSA) is 89.1 Å². The van der Waals surface area contributed by atoms with Gasteiger partial charge in [-0.05, 0) is 75.2 Å². The second-order valence-corrected chi connectivity index (χ2v) is 7.50. The Kier molecular flexibility index (Phi) is 9.59. The molecule has 0 spiro atoms. The summed E-state index contributed by atoms with van der Waals surface area (Å²) in [5.41, 5.74) is 1.81. The van der Waals surface area contributed by atoms with Crippen molar-refractivity contribution in [2.45, 2.75) is 47.0 Å². The first-order valence-electron chi connectivity index (χ1n) is 10.9. The van der Waals surface area contributed by atoms with Gasteiger partial charge in [-0.25, -0.2) is 0 Å². The Morgan fingerprint density at radius 3 is 2.12 bits per heavy atom. The van der Waals surface area contributed by atoms with E-state index in [1.807, 2.05) is 32.9 Å². The highest BCUT2D eigenvalue weighted by Crippen LogP contribution is 2.39. The van der Waals surface area contributed by atoms with E-state index in [1.54, 1.807) is 18.2 Å². The standard InChI is InChI=1S/C24H32N2O5S/c1-6-15(5)16-10-11-19(27)18(12-16)25-24(32)26-23(28)17-13-20(29-7-2)22(31-9-4)21(14-17)30-8-3/h10-15,27H,6-9H2,1-5H3,(H2,25,26,28,32)/t15-/m0/s1. The van der Waals surface area contributed by atoms with E-state index in [-0.39, 0.29) is 10.9 Å². The second-order valence-electron chi connectivity index (χ2n) is 7.09. The largest absolute Gasteiger partial charge is 0.506 e. The third-order valence-electron chi connectivity index (χ3n) is 4.85. The van der Waals surface area contributed by atoms with Gasteiger partial charge in [0.1, 0.15) is 5.75 Å². The number of anilines is 1. The summed E-state index contributed by atoms with van der Waals surface area (Å²) in [4.78, 5) is 12.9. The molecule has 0 aromatic heterocycles. The summed E-state index contributed by atoms with van der Waals surface area (Å²) in [7, 11) is 0. The number of phenols is 1. The lowest BCUT2D eigenvalue weighted by molar-refractivity contribution is 0.0976. The molecule has 0 unspecified atom stereocenters. The molecule has 0 aliphatic heterocycles. The molecule has 2 aromatic rings. The first-order valence-corrected chi connectivity index (χ1v) is 11.3. The summed E-state index contributed by atoms with van der Waals surface area (Å²) in [6.07, 6.45) is 0.966. The maximum Gasteiger partial charge on any atom is 0.257 e. The van der Waals surface area contributed by atoms with E-state index in [9.17, 15) is 9.90 Å². The van der Waals surface area contributed by atoms with E-state index in [4.69, 9.17) is 26.4 Å². The van der Waals surface area contributed by atoms with Gasteiger partial charge >= 0.3 is 0 Å². The third-order valence-corrected chi connectivity index (χ3v) is 5.05. The zero-order chi connectivity index (χ0) is 23.7. The van der Waals surface area contributed by atoms with Crippen LogP contribution in [0.25, 0.3) is 0 Å². The Bertz CT molecular complexity index is 921. The van der Waals surface area contributed by atoms with E-state index in [0.717, 1.165) is 12.0 Å². The fraction of sp³-hybridized carbons (Fsp3) is 0.417. The van der Waals surface area contributed by atoms with Crippen molar-refractivity contribution in [3.8, 4) is 23.0 Å². The minimum absolute atomic E-state index is 0.0481. The van der Waals surface area contributed by atoms with Crippen LogP contribution < -0.4 is 24.8 Å².